The zero-order chi connectivity index (χ0) is 13.6. The molecule has 2 aliphatic rings. The summed E-state index contributed by atoms with van der Waals surface area (Å²) >= 11 is 1.14. The van der Waals surface area contributed by atoms with Gasteiger partial charge in [0.2, 0.25) is 0 Å². The van der Waals surface area contributed by atoms with Crippen LogP contribution >= 0.6 is 11.3 Å². The van der Waals surface area contributed by atoms with Gasteiger partial charge in [-0.15, -0.1) is 11.3 Å². The maximum atomic E-state index is 12.3. The van der Waals surface area contributed by atoms with Crippen LogP contribution < -0.4 is 0 Å². The van der Waals surface area contributed by atoms with Gasteiger partial charge in [-0.2, -0.15) is 4.31 Å². The molecular formula is C11H11NO5S2. The van der Waals surface area contributed by atoms with E-state index in [0.717, 1.165) is 11.3 Å². The van der Waals surface area contributed by atoms with Crippen molar-refractivity contribution >= 4 is 33.3 Å². The molecule has 0 aliphatic carbocycles. The van der Waals surface area contributed by atoms with Crippen molar-refractivity contribution in [2.45, 2.75) is 10.6 Å². The van der Waals surface area contributed by atoms with Crippen LogP contribution in [-0.2, 0) is 24.3 Å². The number of carbonyl (C=O) groups is 2. The fourth-order valence-electron chi connectivity index (χ4n) is 2.45. The monoisotopic (exact) mass is 301 g/mol. The van der Waals surface area contributed by atoms with Crippen molar-refractivity contribution in [3.8, 4) is 0 Å². The number of thiophene rings is 1. The van der Waals surface area contributed by atoms with Crippen LogP contribution in [0.1, 0.15) is 6.42 Å². The first-order valence-corrected chi connectivity index (χ1v) is 8.11. The van der Waals surface area contributed by atoms with E-state index in [4.69, 9.17) is 0 Å². The lowest BCUT2D eigenvalue weighted by atomic mass is 9.89. The van der Waals surface area contributed by atoms with Gasteiger partial charge in [-0.1, -0.05) is 6.07 Å². The molecule has 1 aromatic heterocycles. The average Bonchev–Trinajstić information content (AvgIpc) is 2.99. The van der Waals surface area contributed by atoms with Gasteiger partial charge in [-0.3, -0.25) is 9.59 Å². The van der Waals surface area contributed by atoms with Crippen molar-refractivity contribution in [1.29, 1.82) is 0 Å². The van der Waals surface area contributed by atoms with Gasteiger partial charge in [-0.05, 0) is 17.9 Å². The smallest absolute Gasteiger partial charge is 0.318 e. The molecule has 2 atom stereocenters. The number of carbonyl (C=O) groups excluding carboxylic acids is 2. The molecule has 0 aromatic carbocycles. The third-order valence-electron chi connectivity index (χ3n) is 3.47. The molecular weight excluding hydrogens is 290 g/mol. The van der Waals surface area contributed by atoms with E-state index < -0.39 is 33.8 Å². The minimum atomic E-state index is -3.57. The van der Waals surface area contributed by atoms with Crippen LogP contribution in [0.2, 0.25) is 0 Å². The second kappa shape index (κ2) is 4.39. The Balaban J connectivity index is 1.86. The van der Waals surface area contributed by atoms with Gasteiger partial charge in [0.05, 0.1) is 11.8 Å². The second-order valence-electron chi connectivity index (χ2n) is 4.54. The first kappa shape index (κ1) is 12.8. The molecule has 6 nitrogen and oxygen atoms in total. The fraction of sp³-hybridized carbons (Fsp3) is 0.455. The van der Waals surface area contributed by atoms with Gasteiger partial charge in [0.1, 0.15) is 4.21 Å². The number of ether oxygens (including phenoxy) is 1. The number of hydrogen-bond acceptors (Lipinski definition) is 6. The molecule has 0 saturated carbocycles. The van der Waals surface area contributed by atoms with Gasteiger partial charge in [-0.25, -0.2) is 8.42 Å². The molecule has 2 saturated heterocycles. The molecule has 3 heterocycles. The Morgan fingerprint density at radius 2 is 2.00 bits per heavy atom. The molecule has 2 aliphatic heterocycles. The Bertz CT molecular complexity index is 622. The predicted octanol–water partition coefficient (Wildman–Crippen LogP) is 0.458. The second-order valence-corrected chi connectivity index (χ2v) is 7.65. The summed E-state index contributed by atoms with van der Waals surface area (Å²) in [5.41, 5.74) is 0. The lowest BCUT2D eigenvalue weighted by molar-refractivity contribution is -0.153. The quantitative estimate of drug-likeness (QED) is 0.585. The lowest BCUT2D eigenvalue weighted by Gasteiger charge is -2.30. The van der Waals surface area contributed by atoms with E-state index >= 15 is 0 Å². The summed E-state index contributed by atoms with van der Waals surface area (Å²) in [6.07, 6.45) is 0.333. The predicted molar refractivity (Wildman–Crippen MR) is 65.8 cm³/mol. The van der Waals surface area contributed by atoms with Gasteiger partial charge < -0.3 is 4.74 Å². The highest BCUT2D eigenvalue weighted by atomic mass is 32.2. The Kier molecular flexibility index (Phi) is 2.95. The number of nitrogens with zero attached hydrogens (tertiary/aromatic N) is 1. The van der Waals surface area contributed by atoms with E-state index in [1.165, 1.54) is 10.4 Å². The van der Waals surface area contributed by atoms with Crippen molar-refractivity contribution in [2.24, 2.45) is 11.8 Å². The first-order valence-electron chi connectivity index (χ1n) is 5.79. The topological polar surface area (TPSA) is 80.8 Å². The van der Waals surface area contributed by atoms with Crippen LogP contribution in [0.25, 0.3) is 0 Å². The highest BCUT2D eigenvalue weighted by Crippen LogP contribution is 2.34. The highest BCUT2D eigenvalue weighted by molar-refractivity contribution is 7.91. The van der Waals surface area contributed by atoms with E-state index in [1.807, 2.05) is 0 Å². The molecule has 2 unspecified atom stereocenters. The molecule has 8 heteroatoms. The Morgan fingerprint density at radius 3 is 2.68 bits per heavy atom. The first-order chi connectivity index (χ1) is 9.00. The van der Waals surface area contributed by atoms with Gasteiger partial charge in [0.15, 0.2) is 0 Å². The minimum absolute atomic E-state index is 0.0233. The van der Waals surface area contributed by atoms with Crippen LogP contribution in [0.5, 0.6) is 0 Å². The third-order valence-corrected chi connectivity index (χ3v) is 6.71. The standard InChI is InChI=1S/C11H11NO5S2/c13-10-7-3-4-12(6-8(7)11(14)17-10)19(15,16)9-2-1-5-18-9/h1-2,5,7-8H,3-4,6H2. The van der Waals surface area contributed by atoms with Crippen molar-refractivity contribution in [2.75, 3.05) is 13.1 Å². The zero-order valence-electron chi connectivity index (χ0n) is 9.81. The van der Waals surface area contributed by atoms with E-state index in [9.17, 15) is 18.0 Å². The fourth-order valence-corrected chi connectivity index (χ4v) is 5.07. The molecule has 1 aromatic rings. The van der Waals surface area contributed by atoms with Crippen LogP contribution in [0.4, 0.5) is 0 Å². The van der Waals surface area contributed by atoms with E-state index in [0.29, 0.717) is 6.42 Å². The summed E-state index contributed by atoms with van der Waals surface area (Å²) < 4.78 is 30.7. The summed E-state index contributed by atoms with van der Waals surface area (Å²) in [5, 5.41) is 1.69. The SMILES string of the molecule is O=C1OC(=O)C2CN(S(=O)(=O)c3cccs3)CCC12. The van der Waals surface area contributed by atoms with E-state index in [-0.39, 0.29) is 17.3 Å². The summed E-state index contributed by atoms with van der Waals surface area (Å²) in [6.45, 7) is 0.263. The summed E-state index contributed by atoms with van der Waals surface area (Å²) in [6, 6.07) is 3.20. The summed E-state index contributed by atoms with van der Waals surface area (Å²) in [5.74, 6) is -2.28. The van der Waals surface area contributed by atoms with Gasteiger partial charge in [0.25, 0.3) is 10.0 Å². The third kappa shape index (κ3) is 1.99. The molecule has 0 N–H and O–H groups in total. The van der Waals surface area contributed by atoms with Crippen molar-refractivity contribution in [1.82, 2.24) is 4.31 Å². The van der Waals surface area contributed by atoms with Crippen molar-refractivity contribution < 1.29 is 22.7 Å². The number of piperidine rings is 1. The average molecular weight is 301 g/mol. The molecule has 0 radical (unpaired) electrons. The maximum absolute atomic E-state index is 12.3. The Morgan fingerprint density at radius 1 is 1.26 bits per heavy atom. The largest absolute Gasteiger partial charge is 0.393 e. The van der Waals surface area contributed by atoms with Crippen LogP contribution in [-0.4, -0.2) is 37.8 Å². The van der Waals surface area contributed by atoms with Gasteiger partial charge in [0, 0.05) is 13.1 Å². The molecule has 19 heavy (non-hydrogen) atoms. The Labute approximate surface area is 114 Å². The van der Waals surface area contributed by atoms with E-state index in [2.05, 4.69) is 4.74 Å². The minimum Gasteiger partial charge on any atom is -0.393 e. The molecule has 0 bridgehead atoms. The highest BCUT2D eigenvalue weighted by Gasteiger charge is 2.49. The number of hydrogen-bond donors (Lipinski definition) is 0. The number of sulfonamides is 1. The maximum Gasteiger partial charge on any atom is 0.318 e. The van der Waals surface area contributed by atoms with E-state index in [1.54, 1.807) is 11.4 Å². The lowest BCUT2D eigenvalue weighted by Crippen LogP contribution is -2.44. The molecule has 2 fully saturated rings. The zero-order valence-corrected chi connectivity index (χ0v) is 11.4. The molecule has 0 amide bonds. The van der Waals surface area contributed by atoms with Crippen molar-refractivity contribution in [3.63, 3.8) is 0 Å². The molecule has 102 valence electrons. The van der Waals surface area contributed by atoms with Crippen LogP contribution in [0, 0.1) is 11.8 Å². The van der Waals surface area contributed by atoms with Crippen molar-refractivity contribution in [3.05, 3.63) is 17.5 Å². The number of cyclic esters (lactones) is 2. The van der Waals surface area contributed by atoms with Crippen LogP contribution in [0.3, 0.4) is 0 Å². The Hall–Kier alpha value is -1.25. The number of fused-ring (bicyclic) bond motifs is 1. The van der Waals surface area contributed by atoms with Gasteiger partial charge >= 0.3 is 11.9 Å². The number of esters is 2. The summed E-state index contributed by atoms with van der Waals surface area (Å²) in [7, 11) is -3.57. The van der Waals surface area contributed by atoms with Crippen LogP contribution in [0.15, 0.2) is 21.7 Å². The molecule has 3 rings (SSSR count). The normalized spacial score (nSPS) is 28.2. The summed E-state index contributed by atoms with van der Waals surface area (Å²) in [4.78, 5) is 22.9. The molecule has 0 spiro atoms. The number of rotatable bonds is 2.